The molecule has 0 aromatic carbocycles. The van der Waals surface area contributed by atoms with Gasteiger partial charge in [0.2, 0.25) is 17.6 Å². The third kappa shape index (κ3) is 3.74. The van der Waals surface area contributed by atoms with E-state index in [-0.39, 0.29) is 24.4 Å². The summed E-state index contributed by atoms with van der Waals surface area (Å²) in [6.45, 7) is 2.68. The number of likely N-dealkylation sites (tertiary alicyclic amines) is 1. The second kappa shape index (κ2) is 6.59. The van der Waals surface area contributed by atoms with Crippen LogP contribution in [0.3, 0.4) is 0 Å². The quantitative estimate of drug-likeness (QED) is 0.854. The van der Waals surface area contributed by atoms with E-state index in [2.05, 4.69) is 20.7 Å². The van der Waals surface area contributed by atoms with Gasteiger partial charge in [0.05, 0.1) is 6.26 Å². The molecule has 2 aromatic heterocycles. The molecule has 1 atom stereocenters. The first-order valence-corrected chi connectivity index (χ1v) is 7.48. The van der Waals surface area contributed by atoms with Crippen LogP contribution >= 0.6 is 0 Å². The Kier molecular flexibility index (Phi) is 4.35. The second-order valence-corrected chi connectivity index (χ2v) is 5.50. The smallest absolute Gasteiger partial charge is 0.246 e. The first-order valence-electron chi connectivity index (χ1n) is 7.48. The van der Waals surface area contributed by atoms with Crippen molar-refractivity contribution in [3.05, 3.63) is 18.4 Å². The average Bonchev–Trinajstić information content (AvgIpc) is 3.17. The van der Waals surface area contributed by atoms with Gasteiger partial charge in [0.15, 0.2) is 5.76 Å². The molecule has 0 aliphatic carbocycles. The van der Waals surface area contributed by atoms with E-state index in [1.807, 2.05) is 0 Å². The Bertz CT molecular complexity index is 681. The molecule has 0 saturated carbocycles. The normalized spacial score (nSPS) is 18.0. The van der Waals surface area contributed by atoms with E-state index in [4.69, 9.17) is 4.42 Å². The summed E-state index contributed by atoms with van der Waals surface area (Å²) in [5, 5.41) is 14.7. The SMILES string of the molecule is CC(=O)NC1CCCN(C(=O)Cn2nnc(-c3ccco3)n2)C1. The number of carbonyl (C=O) groups is 2. The molecule has 122 valence electrons. The van der Waals surface area contributed by atoms with Crippen LogP contribution in [-0.4, -0.2) is 56.1 Å². The molecular weight excluding hydrogens is 300 g/mol. The summed E-state index contributed by atoms with van der Waals surface area (Å²) < 4.78 is 5.19. The predicted molar refractivity (Wildman–Crippen MR) is 78.9 cm³/mol. The monoisotopic (exact) mass is 318 g/mol. The first kappa shape index (κ1) is 15.2. The van der Waals surface area contributed by atoms with Crippen molar-refractivity contribution in [1.29, 1.82) is 0 Å². The number of piperidine rings is 1. The number of carbonyl (C=O) groups excluding carboxylic acids is 2. The molecule has 2 aromatic rings. The largest absolute Gasteiger partial charge is 0.461 e. The number of aromatic nitrogens is 4. The van der Waals surface area contributed by atoms with Crippen molar-refractivity contribution in [2.45, 2.75) is 32.4 Å². The summed E-state index contributed by atoms with van der Waals surface area (Å²) in [4.78, 5) is 26.5. The molecule has 1 N–H and O–H groups in total. The number of rotatable bonds is 4. The summed E-state index contributed by atoms with van der Waals surface area (Å²) in [5.41, 5.74) is 0. The van der Waals surface area contributed by atoms with Crippen LogP contribution in [-0.2, 0) is 16.1 Å². The van der Waals surface area contributed by atoms with Crippen LogP contribution in [0.1, 0.15) is 19.8 Å². The molecule has 2 amide bonds. The number of nitrogens with zero attached hydrogens (tertiary/aromatic N) is 5. The molecule has 1 aliphatic heterocycles. The van der Waals surface area contributed by atoms with Gasteiger partial charge in [0.25, 0.3) is 0 Å². The highest BCUT2D eigenvalue weighted by atomic mass is 16.3. The van der Waals surface area contributed by atoms with Crippen LogP contribution in [0.15, 0.2) is 22.8 Å². The maximum absolute atomic E-state index is 12.4. The zero-order valence-electron chi connectivity index (χ0n) is 12.8. The Morgan fingerprint density at radius 3 is 3.09 bits per heavy atom. The standard InChI is InChI=1S/C14H18N6O3/c1-10(21)15-11-4-2-6-19(8-11)13(22)9-20-17-14(16-18-20)12-5-3-7-23-12/h3,5,7,11H,2,4,6,8-9H2,1H3,(H,15,21). The summed E-state index contributed by atoms with van der Waals surface area (Å²) in [6, 6.07) is 3.47. The number of tetrazole rings is 1. The lowest BCUT2D eigenvalue weighted by Gasteiger charge is -2.32. The zero-order valence-corrected chi connectivity index (χ0v) is 12.8. The Labute approximate surface area is 132 Å². The van der Waals surface area contributed by atoms with Crippen LogP contribution in [0.5, 0.6) is 0 Å². The number of hydrogen-bond acceptors (Lipinski definition) is 6. The predicted octanol–water partition coefficient (Wildman–Crippen LogP) is 0.0602. The Balaban J connectivity index is 1.59. The van der Waals surface area contributed by atoms with Crippen LogP contribution in [0.2, 0.25) is 0 Å². The van der Waals surface area contributed by atoms with Gasteiger partial charge in [0, 0.05) is 26.1 Å². The van der Waals surface area contributed by atoms with Crippen molar-refractivity contribution in [2.75, 3.05) is 13.1 Å². The van der Waals surface area contributed by atoms with Gasteiger partial charge < -0.3 is 14.6 Å². The minimum absolute atomic E-state index is 0.00702. The van der Waals surface area contributed by atoms with Gasteiger partial charge in [0.1, 0.15) is 6.54 Å². The van der Waals surface area contributed by atoms with Crippen molar-refractivity contribution in [1.82, 2.24) is 30.4 Å². The summed E-state index contributed by atoms with van der Waals surface area (Å²) in [7, 11) is 0. The molecule has 23 heavy (non-hydrogen) atoms. The topological polar surface area (TPSA) is 106 Å². The number of furan rings is 1. The van der Waals surface area contributed by atoms with Crippen molar-refractivity contribution in [2.24, 2.45) is 0 Å². The van der Waals surface area contributed by atoms with Gasteiger partial charge in [-0.15, -0.1) is 10.2 Å². The fraction of sp³-hybridized carbons (Fsp3) is 0.500. The van der Waals surface area contributed by atoms with Gasteiger partial charge in [-0.1, -0.05) is 0 Å². The van der Waals surface area contributed by atoms with Gasteiger partial charge in [-0.05, 0) is 30.2 Å². The molecule has 9 nitrogen and oxygen atoms in total. The summed E-state index contributed by atoms with van der Waals surface area (Å²) >= 11 is 0. The molecule has 0 bridgehead atoms. The fourth-order valence-electron chi connectivity index (χ4n) is 2.64. The molecule has 3 heterocycles. The molecule has 9 heteroatoms. The van der Waals surface area contributed by atoms with Gasteiger partial charge >= 0.3 is 0 Å². The van der Waals surface area contributed by atoms with E-state index in [0.717, 1.165) is 12.8 Å². The van der Waals surface area contributed by atoms with Crippen molar-refractivity contribution >= 4 is 11.8 Å². The van der Waals surface area contributed by atoms with E-state index in [0.29, 0.717) is 24.7 Å². The molecular formula is C14H18N6O3. The van der Waals surface area contributed by atoms with Gasteiger partial charge in [-0.2, -0.15) is 4.80 Å². The van der Waals surface area contributed by atoms with Crippen LogP contribution in [0.4, 0.5) is 0 Å². The maximum atomic E-state index is 12.4. The Morgan fingerprint density at radius 2 is 2.35 bits per heavy atom. The Hall–Kier alpha value is -2.71. The highest BCUT2D eigenvalue weighted by Crippen LogP contribution is 2.14. The lowest BCUT2D eigenvalue weighted by molar-refractivity contribution is -0.134. The van der Waals surface area contributed by atoms with Gasteiger partial charge in [-0.3, -0.25) is 9.59 Å². The zero-order chi connectivity index (χ0) is 16.2. The third-order valence-electron chi connectivity index (χ3n) is 3.65. The van der Waals surface area contributed by atoms with E-state index < -0.39 is 0 Å². The lowest BCUT2D eigenvalue weighted by atomic mass is 10.1. The highest BCUT2D eigenvalue weighted by molar-refractivity contribution is 5.76. The minimum atomic E-state index is -0.0940. The van der Waals surface area contributed by atoms with E-state index in [1.165, 1.54) is 18.0 Å². The molecule has 0 radical (unpaired) electrons. The summed E-state index contributed by atoms with van der Waals surface area (Å²) in [5.74, 6) is 0.679. The van der Waals surface area contributed by atoms with Crippen LogP contribution in [0.25, 0.3) is 11.6 Å². The molecule has 1 saturated heterocycles. The molecule has 3 rings (SSSR count). The highest BCUT2D eigenvalue weighted by Gasteiger charge is 2.24. The number of nitrogens with one attached hydrogen (secondary N) is 1. The van der Waals surface area contributed by atoms with E-state index in [9.17, 15) is 9.59 Å². The molecule has 1 fully saturated rings. The first-order chi connectivity index (χ1) is 11.1. The van der Waals surface area contributed by atoms with Crippen molar-refractivity contribution in [3.63, 3.8) is 0 Å². The Morgan fingerprint density at radius 1 is 1.48 bits per heavy atom. The maximum Gasteiger partial charge on any atom is 0.246 e. The summed E-state index contributed by atoms with van der Waals surface area (Å²) in [6.07, 6.45) is 3.27. The molecule has 0 spiro atoms. The minimum Gasteiger partial charge on any atom is -0.461 e. The van der Waals surface area contributed by atoms with Crippen molar-refractivity contribution in [3.8, 4) is 11.6 Å². The molecule has 1 aliphatic rings. The lowest BCUT2D eigenvalue weighted by Crippen LogP contribution is -2.50. The van der Waals surface area contributed by atoms with E-state index in [1.54, 1.807) is 17.0 Å². The van der Waals surface area contributed by atoms with E-state index >= 15 is 0 Å². The fourth-order valence-corrected chi connectivity index (χ4v) is 2.64. The van der Waals surface area contributed by atoms with Gasteiger partial charge in [-0.25, -0.2) is 0 Å². The van der Waals surface area contributed by atoms with Crippen LogP contribution < -0.4 is 5.32 Å². The van der Waals surface area contributed by atoms with Crippen molar-refractivity contribution < 1.29 is 14.0 Å². The average molecular weight is 318 g/mol. The number of amides is 2. The molecule has 1 unspecified atom stereocenters. The number of hydrogen-bond donors (Lipinski definition) is 1. The van der Waals surface area contributed by atoms with Crippen LogP contribution in [0, 0.1) is 0 Å². The second-order valence-electron chi connectivity index (χ2n) is 5.50. The third-order valence-corrected chi connectivity index (χ3v) is 3.65.